The predicted molar refractivity (Wildman–Crippen MR) is 66.6 cm³/mol. The topological polar surface area (TPSA) is 96.7 Å². The Morgan fingerprint density at radius 3 is 2.91 bits per heavy atom. The minimum atomic E-state index is -4.63. The molecule has 1 amide bonds. The molecule has 7 nitrogen and oxygen atoms in total. The van der Waals surface area contributed by atoms with Gasteiger partial charge in [-0.25, -0.2) is 4.98 Å². The molecule has 10 heteroatoms. The van der Waals surface area contributed by atoms with Gasteiger partial charge in [-0.1, -0.05) is 0 Å². The number of nitrogens with one attached hydrogen (secondary N) is 2. The number of nitrogens with zero attached hydrogens (tertiary/aromatic N) is 3. The number of rotatable bonds is 3. The smallest absolute Gasteiger partial charge is 0.451 e. The van der Waals surface area contributed by atoms with Gasteiger partial charge in [0.05, 0.1) is 6.54 Å². The quantitative estimate of drug-likeness (QED) is 0.770. The number of halogens is 3. The molecule has 114 valence electrons. The molecule has 3 aromatic rings. The summed E-state index contributed by atoms with van der Waals surface area (Å²) in [5.74, 6) is -1.95. The van der Waals surface area contributed by atoms with E-state index in [1.54, 1.807) is 6.07 Å². The Labute approximate surface area is 120 Å². The van der Waals surface area contributed by atoms with Crippen molar-refractivity contribution in [2.45, 2.75) is 12.7 Å². The molecular formula is C12H8F3N5O2. The van der Waals surface area contributed by atoms with E-state index < -0.39 is 17.9 Å². The fourth-order valence-corrected chi connectivity index (χ4v) is 1.75. The Bertz CT molecular complexity index is 790. The van der Waals surface area contributed by atoms with Gasteiger partial charge in [-0.15, -0.1) is 5.10 Å². The first-order valence-corrected chi connectivity index (χ1v) is 6.04. The Kier molecular flexibility index (Phi) is 3.28. The molecule has 0 radical (unpaired) electrons. The number of pyridine rings is 1. The van der Waals surface area contributed by atoms with E-state index in [-0.39, 0.29) is 18.1 Å². The van der Waals surface area contributed by atoms with Gasteiger partial charge >= 0.3 is 6.18 Å². The highest BCUT2D eigenvalue weighted by molar-refractivity contribution is 5.95. The monoisotopic (exact) mass is 311 g/mol. The molecule has 0 saturated carbocycles. The SMILES string of the molecule is O=C(NCc1nc(C(F)(F)F)n[nH]1)c1cc2cnccc2o1. The second-order valence-corrected chi connectivity index (χ2v) is 4.31. The first-order valence-electron chi connectivity index (χ1n) is 6.04. The first kappa shape index (κ1) is 14.0. The molecule has 3 rings (SSSR count). The van der Waals surface area contributed by atoms with Crippen molar-refractivity contribution < 1.29 is 22.4 Å². The Hall–Kier alpha value is -2.91. The van der Waals surface area contributed by atoms with Crippen LogP contribution in [0.5, 0.6) is 0 Å². The maximum Gasteiger partial charge on any atom is 0.453 e. The van der Waals surface area contributed by atoms with E-state index in [9.17, 15) is 18.0 Å². The summed E-state index contributed by atoms with van der Waals surface area (Å²) >= 11 is 0. The van der Waals surface area contributed by atoms with Crippen LogP contribution in [-0.4, -0.2) is 26.1 Å². The summed E-state index contributed by atoms with van der Waals surface area (Å²) in [7, 11) is 0. The standard InChI is InChI=1S/C12H8F3N5O2/c13-12(14,15)11-18-9(19-20-11)5-17-10(21)8-3-6-4-16-2-1-7(6)22-8/h1-4H,5H2,(H,17,21)(H,18,19,20). The molecule has 22 heavy (non-hydrogen) atoms. The van der Waals surface area contributed by atoms with Crippen LogP contribution in [-0.2, 0) is 12.7 Å². The Morgan fingerprint density at radius 2 is 2.23 bits per heavy atom. The number of furan rings is 1. The zero-order valence-corrected chi connectivity index (χ0v) is 10.8. The molecular weight excluding hydrogens is 303 g/mol. The zero-order valence-electron chi connectivity index (χ0n) is 10.8. The number of aromatic nitrogens is 4. The number of fused-ring (bicyclic) bond motifs is 1. The molecule has 0 spiro atoms. The van der Waals surface area contributed by atoms with Crippen LogP contribution in [0.3, 0.4) is 0 Å². The minimum Gasteiger partial charge on any atom is -0.451 e. The van der Waals surface area contributed by atoms with Crippen molar-refractivity contribution in [3.8, 4) is 0 Å². The van der Waals surface area contributed by atoms with Gasteiger partial charge in [0.25, 0.3) is 11.7 Å². The van der Waals surface area contributed by atoms with Crippen LogP contribution in [0.15, 0.2) is 28.9 Å². The van der Waals surface area contributed by atoms with Crippen LogP contribution in [0.25, 0.3) is 11.0 Å². The lowest BCUT2D eigenvalue weighted by Gasteiger charge is -2.00. The van der Waals surface area contributed by atoms with E-state index in [1.807, 2.05) is 0 Å². The number of carbonyl (C=O) groups excluding carboxylic acids is 1. The van der Waals surface area contributed by atoms with Crippen LogP contribution in [0, 0.1) is 0 Å². The highest BCUT2D eigenvalue weighted by Crippen LogP contribution is 2.25. The number of H-pyrrole nitrogens is 1. The number of hydrogen-bond acceptors (Lipinski definition) is 5. The highest BCUT2D eigenvalue weighted by atomic mass is 19.4. The van der Waals surface area contributed by atoms with Gasteiger partial charge in [-0.2, -0.15) is 13.2 Å². The van der Waals surface area contributed by atoms with Gasteiger partial charge < -0.3 is 9.73 Å². The maximum absolute atomic E-state index is 12.3. The Balaban J connectivity index is 1.68. The van der Waals surface area contributed by atoms with Crippen molar-refractivity contribution in [2.75, 3.05) is 0 Å². The summed E-state index contributed by atoms with van der Waals surface area (Å²) in [5.41, 5.74) is 0.485. The van der Waals surface area contributed by atoms with Crippen LogP contribution in [0.4, 0.5) is 13.2 Å². The summed E-state index contributed by atoms with van der Waals surface area (Å²) in [6, 6.07) is 3.08. The number of alkyl halides is 3. The van der Waals surface area contributed by atoms with Crippen molar-refractivity contribution >= 4 is 16.9 Å². The van der Waals surface area contributed by atoms with Crippen LogP contribution in [0.1, 0.15) is 22.2 Å². The highest BCUT2D eigenvalue weighted by Gasteiger charge is 2.36. The number of hydrogen-bond donors (Lipinski definition) is 2. The van der Waals surface area contributed by atoms with Gasteiger partial charge in [0.2, 0.25) is 0 Å². The van der Waals surface area contributed by atoms with Gasteiger partial charge in [-0.05, 0) is 12.1 Å². The summed E-state index contributed by atoms with van der Waals surface area (Å²) in [5, 5.41) is 8.17. The van der Waals surface area contributed by atoms with Crippen molar-refractivity contribution in [2.24, 2.45) is 0 Å². The summed E-state index contributed by atoms with van der Waals surface area (Å²) < 4.78 is 42.3. The van der Waals surface area contributed by atoms with E-state index in [4.69, 9.17) is 4.42 Å². The van der Waals surface area contributed by atoms with E-state index in [2.05, 4.69) is 25.5 Å². The number of amides is 1. The summed E-state index contributed by atoms with van der Waals surface area (Å²) in [6.07, 6.45) is -1.59. The van der Waals surface area contributed by atoms with E-state index in [1.165, 1.54) is 18.5 Å². The van der Waals surface area contributed by atoms with Crippen molar-refractivity contribution in [1.29, 1.82) is 0 Å². The third-order valence-corrected chi connectivity index (χ3v) is 2.74. The number of carbonyl (C=O) groups is 1. The van der Waals surface area contributed by atoms with Crippen molar-refractivity contribution in [1.82, 2.24) is 25.5 Å². The lowest BCUT2D eigenvalue weighted by Crippen LogP contribution is -2.23. The molecule has 3 aromatic heterocycles. The second kappa shape index (κ2) is 5.13. The summed E-state index contributed by atoms with van der Waals surface area (Å²) in [4.78, 5) is 19.0. The van der Waals surface area contributed by atoms with Crippen LogP contribution in [0.2, 0.25) is 0 Å². The van der Waals surface area contributed by atoms with Gasteiger partial charge in [0.1, 0.15) is 11.4 Å². The van der Waals surface area contributed by atoms with Crippen molar-refractivity contribution in [3.05, 3.63) is 41.9 Å². The molecule has 0 unspecified atom stereocenters. The molecule has 0 aliphatic carbocycles. The van der Waals surface area contributed by atoms with E-state index in [0.717, 1.165) is 0 Å². The zero-order chi connectivity index (χ0) is 15.7. The lowest BCUT2D eigenvalue weighted by atomic mass is 10.3. The van der Waals surface area contributed by atoms with Crippen LogP contribution >= 0.6 is 0 Å². The molecule has 0 aromatic carbocycles. The van der Waals surface area contributed by atoms with E-state index >= 15 is 0 Å². The average molecular weight is 311 g/mol. The fraction of sp³-hybridized carbons (Fsp3) is 0.167. The molecule has 0 aliphatic rings. The largest absolute Gasteiger partial charge is 0.453 e. The van der Waals surface area contributed by atoms with E-state index in [0.29, 0.717) is 11.0 Å². The third kappa shape index (κ3) is 2.75. The average Bonchev–Trinajstić information content (AvgIpc) is 3.10. The van der Waals surface area contributed by atoms with Gasteiger partial charge in [0.15, 0.2) is 5.76 Å². The number of aromatic amines is 1. The molecule has 0 atom stereocenters. The predicted octanol–water partition coefficient (Wildman–Crippen LogP) is 1.89. The maximum atomic E-state index is 12.3. The van der Waals surface area contributed by atoms with Crippen molar-refractivity contribution in [3.63, 3.8) is 0 Å². The summed E-state index contributed by atoms with van der Waals surface area (Å²) in [6.45, 7) is -0.239. The molecule has 0 bridgehead atoms. The molecule has 0 fully saturated rings. The molecule has 0 saturated heterocycles. The van der Waals surface area contributed by atoms with Gasteiger partial charge in [-0.3, -0.25) is 14.9 Å². The first-order chi connectivity index (χ1) is 10.4. The molecule has 3 heterocycles. The minimum absolute atomic E-state index is 0.0264. The second-order valence-electron chi connectivity index (χ2n) is 4.31. The third-order valence-electron chi connectivity index (χ3n) is 2.74. The lowest BCUT2D eigenvalue weighted by molar-refractivity contribution is -0.144. The molecule has 2 N–H and O–H groups in total. The Morgan fingerprint density at radius 1 is 1.41 bits per heavy atom. The molecule has 0 aliphatic heterocycles. The fourth-order valence-electron chi connectivity index (χ4n) is 1.75. The van der Waals surface area contributed by atoms with Crippen LogP contribution < -0.4 is 5.32 Å². The normalized spacial score (nSPS) is 11.8. The van der Waals surface area contributed by atoms with Gasteiger partial charge in [0, 0.05) is 17.8 Å².